The molecule has 7 nitrogen and oxygen atoms in total. The van der Waals surface area contributed by atoms with E-state index in [0.29, 0.717) is 26.5 Å². The smallest absolute Gasteiger partial charge is 0.237 e. The Morgan fingerprint density at radius 1 is 1.13 bits per heavy atom. The Labute approximate surface area is 175 Å². The van der Waals surface area contributed by atoms with E-state index in [-0.39, 0.29) is 11.9 Å². The number of aromatic nitrogens is 1. The second kappa shape index (κ2) is 9.65. The Bertz CT molecular complexity index is 978. The lowest BCUT2D eigenvalue weighted by molar-refractivity contribution is -0.123. The molecule has 1 amide bonds. The van der Waals surface area contributed by atoms with E-state index in [9.17, 15) is 4.79 Å². The van der Waals surface area contributed by atoms with Gasteiger partial charge in [0.05, 0.1) is 6.04 Å². The summed E-state index contributed by atoms with van der Waals surface area (Å²) in [6, 6.07) is 15.7. The minimum Gasteiger partial charge on any atom is -0.454 e. The van der Waals surface area contributed by atoms with Gasteiger partial charge >= 0.3 is 0 Å². The van der Waals surface area contributed by atoms with Gasteiger partial charge in [-0.3, -0.25) is 10.1 Å². The molecular formula is C23H27N3O4. The normalized spacial score (nSPS) is 16.5. The molecular weight excluding hydrogens is 382 g/mol. The summed E-state index contributed by atoms with van der Waals surface area (Å²) in [4.78, 5) is 15.6. The highest BCUT2D eigenvalue weighted by Crippen LogP contribution is 2.30. The summed E-state index contributed by atoms with van der Waals surface area (Å²) in [5.74, 6) is 1.76. The number of benzene rings is 2. The molecule has 3 aromatic rings. The summed E-state index contributed by atoms with van der Waals surface area (Å²) in [7, 11) is 1.67. The number of methoxy groups -OCH3 is 1. The molecule has 5 rings (SSSR count). The average Bonchev–Trinajstić information content (AvgIpc) is 3.41. The zero-order chi connectivity index (χ0) is 20.8. The van der Waals surface area contributed by atoms with Crippen LogP contribution < -0.4 is 20.1 Å². The van der Waals surface area contributed by atoms with Crippen LogP contribution >= 0.6 is 0 Å². The van der Waals surface area contributed by atoms with Gasteiger partial charge in [-0.15, -0.1) is 0 Å². The summed E-state index contributed by atoms with van der Waals surface area (Å²) >= 11 is 0. The van der Waals surface area contributed by atoms with Crippen molar-refractivity contribution in [3.05, 3.63) is 59.8 Å². The van der Waals surface area contributed by atoms with Crippen molar-refractivity contribution in [1.29, 1.82) is 0 Å². The Morgan fingerprint density at radius 3 is 2.63 bits per heavy atom. The number of rotatable bonds is 5. The molecule has 0 bridgehead atoms. The molecule has 3 heterocycles. The van der Waals surface area contributed by atoms with Crippen molar-refractivity contribution < 1.29 is 19.0 Å². The first-order valence-electron chi connectivity index (χ1n) is 10.2. The van der Waals surface area contributed by atoms with Crippen LogP contribution in [-0.2, 0) is 22.5 Å². The lowest BCUT2D eigenvalue weighted by atomic mass is 9.98. The lowest BCUT2D eigenvalue weighted by Gasteiger charge is -2.23. The maximum atomic E-state index is 12.2. The average molecular weight is 409 g/mol. The van der Waals surface area contributed by atoms with Crippen LogP contribution in [0.25, 0.3) is 10.9 Å². The molecule has 0 saturated heterocycles. The summed E-state index contributed by atoms with van der Waals surface area (Å²) in [5, 5.41) is 7.50. The molecule has 2 aliphatic heterocycles. The first-order valence-corrected chi connectivity index (χ1v) is 10.2. The van der Waals surface area contributed by atoms with Gasteiger partial charge in [0, 0.05) is 43.4 Å². The van der Waals surface area contributed by atoms with Gasteiger partial charge in [0.15, 0.2) is 11.5 Å². The number of nitrogens with one attached hydrogen (secondary N) is 3. The van der Waals surface area contributed by atoms with Crippen LogP contribution in [0.1, 0.15) is 17.7 Å². The fraction of sp³-hybridized carbons (Fsp3) is 0.348. The summed E-state index contributed by atoms with van der Waals surface area (Å²) in [6.45, 7) is 2.40. The van der Waals surface area contributed by atoms with Gasteiger partial charge in [-0.2, -0.15) is 0 Å². The molecule has 3 N–H and O–H groups in total. The van der Waals surface area contributed by atoms with Crippen molar-refractivity contribution in [2.75, 3.05) is 27.1 Å². The minimum atomic E-state index is -0.153. The van der Waals surface area contributed by atoms with Crippen LogP contribution in [0.3, 0.4) is 0 Å². The van der Waals surface area contributed by atoms with Crippen LogP contribution in [0, 0.1) is 0 Å². The number of hydrogen-bond acceptors (Lipinski definition) is 5. The number of aromatic amines is 1. The standard InChI is InChI=1S/C16H21N3O2.C7H6O2/c1-21-8-4-7-17-16(20)14-9-12-11-5-2-3-6-13(11)19-15(12)10-18-14;1-2-4-7-6(3-1)8-5-9-7/h2-3,5-6,14,18-19H,4,7-10H2,1H3,(H,17,20);1-4H,5H2/t14-;/m0./s1. The van der Waals surface area contributed by atoms with Crippen LogP contribution in [0.2, 0.25) is 0 Å². The Kier molecular flexibility index (Phi) is 6.51. The number of carbonyl (C=O) groups is 1. The highest BCUT2D eigenvalue weighted by molar-refractivity contribution is 5.88. The second-order valence-electron chi connectivity index (χ2n) is 7.26. The number of H-pyrrole nitrogens is 1. The molecule has 30 heavy (non-hydrogen) atoms. The highest BCUT2D eigenvalue weighted by atomic mass is 16.7. The zero-order valence-corrected chi connectivity index (χ0v) is 17.1. The molecule has 0 spiro atoms. The Morgan fingerprint density at radius 2 is 1.87 bits per heavy atom. The number of carbonyl (C=O) groups excluding carboxylic acids is 1. The SMILES string of the molecule is COCCCNC(=O)[C@@H]1Cc2c([nH]c3ccccc23)CN1.c1ccc2c(c1)OCO2. The summed E-state index contributed by atoms with van der Waals surface area (Å²) in [5.41, 5.74) is 3.60. The van der Waals surface area contributed by atoms with Crippen molar-refractivity contribution in [2.24, 2.45) is 0 Å². The fourth-order valence-electron chi connectivity index (χ4n) is 3.72. The Balaban J connectivity index is 0.000000200. The van der Waals surface area contributed by atoms with Crippen molar-refractivity contribution in [3.8, 4) is 11.5 Å². The van der Waals surface area contributed by atoms with E-state index in [1.165, 1.54) is 16.6 Å². The molecule has 7 heteroatoms. The third kappa shape index (κ3) is 4.58. The molecule has 0 fully saturated rings. The van der Waals surface area contributed by atoms with Crippen LogP contribution in [0.4, 0.5) is 0 Å². The van der Waals surface area contributed by atoms with Crippen LogP contribution in [0.15, 0.2) is 48.5 Å². The predicted molar refractivity (Wildman–Crippen MR) is 115 cm³/mol. The van der Waals surface area contributed by atoms with E-state index >= 15 is 0 Å². The van der Waals surface area contributed by atoms with E-state index in [4.69, 9.17) is 14.2 Å². The lowest BCUT2D eigenvalue weighted by Crippen LogP contribution is -2.47. The maximum Gasteiger partial charge on any atom is 0.237 e. The highest BCUT2D eigenvalue weighted by Gasteiger charge is 2.26. The molecule has 0 aliphatic carbocycles. The van der Waals surface area contributed by atoms with E-state index in [1.54, 1.807) is 7.11 Å². The molecule has 0 unspecified atom stereocenters. The summed E-state index contributed by atoms with van der Waals surface area (Å²) < 4.78 is 15.1. The van der Waals surface area contributed by atoms with Crippen molar-refractivity contribution in [2.45, 2.75) is 25.4 Å². The largest absolute Gasteiger partial charge is 0.454 e. The Hall–Kier alpha value is -3.03. The van der Waals surface area contributed by atoms with E-state index in [2.05, 4.69) is 27.8 Å². The second-order valence-corrected chi connectivity index (χ2v) is 7.26. The molecule has 2 aliphatic rings. The monoisotopic (exact) mass is 409 g/mol. The third-order valence-corrected chi connectivity index (χ3v) is 5.25. The molecule has 0 saturated carbocycles. The van der Waals surface area contributed by atoms with Gasteiger partial charge in [-0.1, -0.05) is 30.3 Å². The minimum absolute atomic E-state index is 0.0713. The van der Waals surface area contributed by atoms with E-state index < -0.39 is 0 Å². The molecule has 2 aromatic carbocycles. The first-order chi connectivity index (χ1) is 14.8. The number of fused-ring (bicyclic) bond motifs is 4. The van der Waals surface area contributed by atoms with Gasteiger partial charge in [-0.05, 0) is 36.6 Å². The third-order valence-electron chi connectivity index (χ3n) is 5.25. The number of para-hydroxylation sites is 3. The molecule has 1 aromatic heterocycles. The van der Waals surface area contributed by atoms with Gasteiger partial charge in [0.1, 0.15) is 0 Å². The van der Waals surface area contributed by atoms with Crippen molar-refractivity contribution in [1.82, 2.24) is 15.6 Å². The molecule has 158 valence electrons. The van der Waals surface area contributed by atoms with Gasteiger partial charge in [0.25, 0.3) is 0 Å². The van der Waals surface area contributed by atoms with Crippen molar-refractivity contribution >= 4 is 16.8 Å². The topological polar surface area (TPSA) is 84.6 Å². The maximum absolute atomic E-state index is 12.2. The number of amides is 1. The molecule has 1 atom stereocenters. The number of hydrogen-bond donors (Lipinski definition) is 3. The van der Waals surface area contributed by atoms with Gasteiger partial charge < -0.3 is 24.5 Å². The first kappa shape index (κ1) is 20.3. The van der Waals surface area contributed by atoms with Crippen LogP contribution in [0.5, 0.6) is 11.5 Å². The molecule has 0 radical (unpaired) electrons. The quantitative estimate of drug-likeness (QED) is 0.565. The van der Waals surface area contributed by atoms with E-state index in [0.717, 1.165) is 29.9 Å². The van der Waals surface area contributed by atoms with Gasteiger partial charge in [-0.25, -0.2) is 0 Å². The summed E-state index contributed by atoms with van der Waals surface area (Å²) in [6.07, 6.45) is 1.57. The zero-order valence-electron chi connectivity index (χ0n) is 17.1. The number of ether oxygens (including phenoxy) is 3. The fourth-order valence-corrected chi connectivity index (χ4v) is 3.72. The van der Waals surface area contributed by atoms with E-state index in [1.807, 2.05) is 36.4 Å². The van der Waals surface area contributed by atoms with Crippen molar-refractivity contribution in [3.63, 3.8) is 0 Å². The van der Waals surface area contributed by atoms with Crippen LogP contribution in [-0.4, -0.2) is 44.0 Å². The van der Waals surface area contributed by atoms with Gasteiger partial charge in [0.2, 0.25) is 12.7 Å². The predicted octanol–water partition coefficient (Wildman–Crippen LogP) is 2.75.